The molecule has 10 N–H and O–H groups in total. The molecule has 2 aromatic heterocycles. The number of thioether (sulfide) groups is 1. The Balaban J connectivity index is 1.42. The molecule has 2 unspecified atom stereocenters. The molecule has 1 fully saturated rings. The van der Waals surface area contributed by atoms with Crippen LogP contribution in [0, 0.1) is 11.3 Å². The fourth-order valence-corrected chi connectivity index (χ4v) is 8.93. The van der Waals surface area contributed by atoms with E-state index in [0.29, 0.717) is 11.7 Å². The lowest BCUT2D eigenvalue weighted by atomic mass is 9.87. The Morgan fingerprint density at radius 3 is 2.42 bits per heavy atom. The number of carbonyl (C=O) groups is 3. The second-order valence-corrected chi connectivity index (χ2v) is 20.0. The van der Waals surface area contributed by atoms with Gasteiger partial charge in [0, 0.05) is 30.7 Å². The van der Waals surface area contributed by atoms with E-state index in [2.05, 4.69) is 48.3 Å². The summed E-state index contributed by atoms with van der Waals surface area (Å²) in [5.41, 5.74) is 4.27. The van der Waals surface area contributed by atoms with Gasteiger partial charge in [-0.05, 0) is 24.8 Å². The Bertz CT molecular complexity index is 1930. The third-order valence-corrected chi connectivity index (χ3v) is 12.6. The lowest BCUT2D eigenvalue weighted by molar-refractivity contribution is -0.137. The number of aromatic nitrogens is 4. The number of fused-ring (bicyclic) bond motifs is 1. The molecule has 24 nitrogen and oxygen atoms in total. The van der Waals surface area contributed by atoms with Crippen LogP contribution in [0.2, 0.25) is 0 Å². The molecule has 28 heteroatoms. The van der Waals surface area contributed by atoms with Crippen molar-refractivity contribution in [2.45, 2.75) is 96.9 Å². The van der Waals surface area contributed by atoms with Crippen LogP contribution in [0.5, 0.6) is 0 Å². The van der Waals surface area contributed by atoms with E-state index >= 15 is 0 Å². The van der Waals surface area contributed by atoms with Crippen LogP contribution in [0.3, 0.4) is 0 Å². The molecule has 2 amide bonds. The van der Waals surface area contributed by atoms with Crippen LogP contribution in [0.4, 0.5) is 5.82 Å². The largest absolute Gasteiger partial charge is 0.481 e. The number of unbranched alkanes of at least 4 members (excludes halogenated alkanes) is 3. The molecule has 3 rings (SSSR count). The summed E-state index contributed by atoms with van der Waals surface area (Å²) in [7, 11) is -16.4. The number of aliphatic hydroxyl groups excluding tert-OH is 2. The first kappa shape index (κ1) is 51.6. The topological polar surface area (TPSA) is 364 Å². The average molecular weight is 934 g/mol. The molecule has 0 aliphatic carbocycles. The standard InChI is InChI=1S/C32H54N7O17P3S/c1-20(2)10-8-6-5-7-9-11-23(41)60-15-14-34-22(40)12-13-35-30(44)27(43)32(3,4)17-53-59(50,51)56-58(48,49)52-16-21-26(55-57(45,46)47)25(42)31(54-21)39-19-38-24-28(33)36-18-37-29(24)39/h9,11,18-21,25-27,31,42-43H,5-8,10,12-17H2,1-4H3,(H,34,40)(H,35,44)(H,48,49)(H,50,51)(H2,33,36,37)(H2,45,46,47)/b11-9+/t21-,25-,26-,27+,31-/m0/s1. The minimum absolute atomic E-state index is 0.0312. The smallest absolute Gasteiger partial charge is 0.386 e. The highest BCUT2D eigenvalue weighted by molar-refractivity contribution is 8.14. The molecule has 0 bridgehead atoms. The zero-order valence-electron chi connectivity index (χ0n) is 33.3. The van der Waals surface area contributed by atoms with Crippen LogP contribution >= 0.6 is 35.2 Å². The molecule has 0 spiro atoms. The van der Waals surface area contributed by atoms with Crippen molar-refractivity contribution in [1.82, 2.24) is 30.2 Å². The maximum absolute atomic E-state index is 12.7. The Hall–Kier alpha value is -2.70. The van der Waals surface area contributed by atoms with Gasteiger partial charge >= 0.3 is 23.5 Å². The number of ether oxygens (including phenoxy) is 1. The molecule has 0 saturated carbocycles. The zero-order valence-corrected chi connectivity index (χ0v) is 36.8. The normalized spacial score (nSPS) is 21.2. The minimum atomic E-state index is -5.57. The number of hydrogen-bond donors (Lipinski definition) is 9. The molecule has 1 saturated heterocycles. The zero-order chi connectivity index (χ0) is 44.9. The lowest BCUT2D eigenvalue weighted by Gasteiger charge is -2.30. The van der Waals surface area contributed by atoms with Gasteiger partial charge in [-0.2, -0.15) is 4.31 Å². The number of rotatable bonds is 26. The van der Waals surface area contributed by atoms with E-state index in [0.717, 1.165) is 54.7 Å². The number of hydrogen-bond acceptors (Lipinski definition) is 18. The summed E-state index contributed by atoms with van der Waals surface area (Å²) in [5.74, 6) is -0.430. The van der Waals surface area contributed by atoms with E-state index in [1.165, 1.54) is 26.3 Å². The molecule has 7 atom stereocenters. The second kappa shape index (κ2) is 23.1. The highest BCUT2D eigenvalue weighted by atomic mass is 32.2. The molecule has 0 radical (unpaired) electrons. The van der Waals surface area contributed by atoms with Crippen molar-refractivity contribution in [3.8, 4) is 0 Å². The van der Waals surface area contributed by atoms with Crippen molar-refractivity contribution >= 4 is 69.1 Å². The Morgan fingerprint density at radius 2 is 1.73 bits per heavy atom. The maximum Gasteiger partial charge on any atom is 0.481 e. The predicted octanol–water partition coefficient (Wildman–Crippen LogP) is 1.83. The maximum atomic E-state index is 12.7. The Labute approximate surface area is 349 Å². The minimum Gasteiger partial charge on any atom is -0.386 e. The summed E-state index contributed by atoms with van der Waals surface area (Å²) in [4.78, 5) is 87.8. The number of allylic oxidation sites excluding steroid dienone is 1. The second-order valence-electron chi connectivity index (χ2n) is 14.7. The number of phosphoric ester groups is 3. The quantitative estimate of drug-likeness (QED) is 0.0369. The summed E-state index contributed by atoms with van der Waals surface area (Å²) in [6.07, 6.45) is 1.76. The van der Waals surface area contributed by atoms with Gasteiger partial charge in [-0.1, -0.05) is 64.8 Å². The predicted molar refractivity (Wildman–Crippen MR) is 214 cm³/mol. The van der Waals surface area contributed by atoms with Gasteiger partial charge in [0.25, 0.3) is 0 Å². The summed E-state index contributed by atoms with van der Waals surface area (Å²) in [6.45, 7) is 4.87. The van der Waals surface area contributed by atoms with Crippen LogP contribution < -0.4 is 16.4 Å². The number of nitrogens with two attached hydrogens (primary N) is 1. The fraction of sp³-hybridized carbons (Fsp3) is 0.688. The summed E-state index contributed by atoms with van der Waals surface area (Å²) in [6, 6.07) is 0. The molecule has 2 aromatic rings. The van der Waals surface area contributed by atoms with E-state index in [-0.39, 0.29) is 41.6 Å². The fourth-order valence-electron chi connectivity index (χ4n) is 5.50. The number of nitrogen functional groups attached to an aromatic ring is 1. The number of amides is 2. The van der Waals surface area contributed by atoms with Crippen molar-refractivity contribution in [2.24, 2.45) is 11.3 Å². The Kier molecular flexibility index (Phi) is 19.9. The van der Waals surface area contributed by atoms with Crippen LogP contribution in [-0.4, -0.2) is 123 Å². The number of anilines is 1. The summed E-state index contributed by atoms with van der Waals surface area (Å²) in [5, 5.41) is 26.3. The molecule has 3 heterocycles. The number of nitrogens with zero attached hydrogens (tertiary/aromatic N) is 4. The number of carbonyl (C=O) groups excluding carboxylic acids is 3. The van der Waals surface area contributed by atoms with E-state index < -0.39 is 84.6 Å². The molecular weight excluding hydrogens is 879 g/mol. The van der Waals surface area contributed by atoms with Crippen molar-refractivity contribution in [1.29, 1.82) is 0 Å². The number of aliphatic hydroxyl groups is 2. The highest BCUT2D eigenvalue weighted by Crippen LogP contribution is 2.61. The van der Waals surface area contributed by atoms with Gasteiger partial charge in [-0.25, -0.2) is 28.6 Å². The van der Waals surface area contributed by atoms with Crippen molar-refractivity contribution in [2.75, 3.05) is 37.8 Å². The first-order valence-corrected chi connectivity index (χ1v) is 24.1. The van der Waals surface area contributed by atoms with E-state index in [1.807, 2.05) is 6.08 Å². The van der Waals surface area contributed by atoms with Gasteiger partial charge in [0.1, 0.15) is 36.3 Å². The van der Waals surface area contributed by atoms with Crippen LogP contribution in [-0.2, 0) is 50.7 Å². The first-order chi connectivity index (χ1) is 27.9. The van der Waals surface area contributed by atoms with Gasteiger partial charge in [0.15, 0.2) is 17.7 Å². The monoisotopic (exact) mass is 933 g/mol. The number of phosphoric acid groups is 3. The highest BCUT2D eigenvalue weighted by Gasteiger charge is 2.50. The number of nitrogens with one attached hydrogen (secondary N) is 2. The third-order valence-electron chi connectivity index (χ3n) is 8.65. The van der Waals surface area contributed by atoms with Gasteiger partial charge in [-0.3, -0.25) is 32.5 Å². The summed E-state index contributed by atoms with van der Waals surface area (Å²) >= 11 is 1.06. The van der Waals surface area contributed by atoms with Crippen molar-refractivity contribution in [3.05, 3.63) is 24.8 Å². The number of imidazole rings is 1. The van der Waals surface area contributed by atoms with Crippen LogP contribution in [0.1, 0.15) is 72.4 Å². The lowest BCUT2D eigenvalue weighted by Crippen LogP contribution is -2.46. The van der Waals surface area contributed by atoms with Crippen molar-refractivity contribution in [3.63, 3.8) is 0 Å². The van der Waals surface area contributed by atoms with Gasteiger partial charge in [0.2, 0.25) is 16.9 Å². The third kappa shape index (κ3) is 17.2. The van der Waals surface area contributed by atoms with E-state index in [4.69, 9.17) is 19.5 Å². The Morgan fingerprint density at radius 1 is 1.03 bits per heavy atom. The van der Waals surface area contributed by atoms with Crippen LogP contribution in [0.25, 0.3) is 11.2 Å². The van der Waals surface area contributed by atoms with E-state index in [1.54, 1.807) is 0 Å². The molecule has 1 aliphatic rings. The molecule has 1 aliphatic heterocycles. The van der Waals surface area contributed by atoms with Crippen LogP contribution in [0.15, 0.2) is 24.8 Å². The van der Waals surface area contributed by atoms with E-state index in [9.17, 15) is 57.9 Å². The van der Waals surface area contributed by atoms with Gasteiger partial charge < -0.3 is 50.9 Å². The molecular formula is C32H54N7O17P3S. The molecule has 0 aromatic carbocycles. The SMILES string of the molecule is CC(C)CCCCC/C=C/C(=O)SCCNC(=O)CCNC(=O)[C@@H](O)C(C)(C)COP(=O)(O)OP(=O)(O)OC[C@@H]1O[C@H](n2cnc3c(N)ncnc32)[C@@H](O)[C@H]1OP(=O)(O)O. The first-order valence-electron chi connectivity index (χ1n) is 18.6. The summed E-state index contributed by atoms with van der Waals surface area (Å²) < 4.78 is 62.2. The van der Waals surface area contributed by atoms with Gasteiger partial charge in [-0.15, -0.1) is 0 Å². The van der Waals surface area contributed by atoms with Crippen molar-refractivity contribution < 1.29 is 80.5 Å². The van der Waals surface area contributed by atoms with Gasteiger partial charge in [0.05, 0.1) is 19.5 Å². The average Bonchev–Trinajstić information content (AvgIpc) is 3.70. The molecule has 60 heavy (non-hydrogen) atoms. The molecule has 340 valence electrons.